The van der Waals surface area contributed by atoms with Crippen LogP contribution >= 0.6 is 0 Å². The summed E-state index contributed by atoms with van der Waals surface area (Å²) in [4.78, 5) is 22.4. The van der Waals surface area contributed by atoms with Crippen LogP contribution in [0.2, 0.25) is 0 Å². The lowest BCUT2D eigenvalue weighted by atomic mass is 9.91. The molecule has 3 N–H and O–H groups in total. The van der Waals surface area contributed by atoms with E-state index in [1.165, 1.54) is 6.33 Å². The number of esters is 1. The summed E-state index contributed by atoms with van der Waals surface area (Å²) in [6.45, 7) is 12.0. The Morgan fingerprint density at radius 1 is 1.26 bits per heavy atom. The topological polar surface area (TPSA) is 131 Å². The van der Waals surface area contributed by atoms with E-state index in [1.54, 1.807) is 11.4 Å². The summed E-state index contributed by atoms with van der Waals surface area (Å²) in [7, 11) is 0. The number of hydrogen-bond donors (Lipinski definition) is 2. The molecule has 1 aliphatic carbocycles. The van der Waals surface area contributed by atoms with Gasteiger partial charge in [0, 0.05) is 0 Å². The third-order valence-electron chi connectivity index (χ3n) is 7.49. The first-order valence-electron chi connectivity index (χ1n) is 12.3. The molecule has 5 rings (SSSR count). The number of hydrogen-bond acceptors (Lipinski definition) is 10. The molecule has 2 aromatic heterocycles. The normalized spacial score (nSPS) is 33.6. The highest BCUT2D eigenvalue weighted by molar-refractivity contribution is 5.75. The van der Waals surface area contributed by atoms with Gasteiger partial charge in [-0.15, -0.1) is 0 Å². The van der Waals surface area contributed by atoms with Crippen molar-refractivity contribution in [3.05, 3.63) is 24.2 Å². The van der Waals surface area contributed by atoms with Crippen LogP contribution < -0.4 is 11.2 Å². The van der Waals surface area contributed by atoms with Gasteiger partial charge in [-0.1, -0.05) is 26.7 Å². The van der Waals surface area contributed by atoms with E-state index in [0.29, 0.717) is 23.9 Å². The fourth-order valence-corrected chi connectivity index (χ4v) is 5.39. The van der Waals surface area contributed by atoms with E-state index in [-0.39, 0.29) is 5.97 Å². The van der Waals surface area contributed by atoms with Crippen LogP contribution in [0.5, 0.6) is 0 Å². The van der Waals surface area contributed by atoms with Crippen LogP contribution in [0, 0.1) is 5.92 Å². The molecule has 0 aromatic carbocycles. The molecule has 1 unspecified atom stereocenters. The monoisotopic (exact) mass is 489 g/mol. The van der Waals surface area contributed by atoms with E-state index in [9.17, 15) is 4.79 Å². The van der Waals surface area contributed by atoms with Crippen molar-refractivity contribution < 1.29 is 28.6 Å². The number of fused-ring (bicyclic) bond motifs is 1. The van der Waals surface area contributed by atoms with Crippen LogP contribution in [0.15, 0.2) is 18.5 Å². The first kappa shape index (κ1) is 24.4. The van der Waals surface area contributed by atoms with Crippen molar-refractivity contribution in [3.63, 3.8) is 0 Å². The number of carbonyl (C=O) groups is 1. The summed E-state index contributed by atoms with van der Waals surface area (Å²) in [6.07, 6.45) is 2.01. The van der Waals surface area contributed by atoms with Crippen LogP contribution in [-0.2, 0) is 34.2 Å². The Kier molecular flexibility index (Phi) is 5.84. The maximum atomic E-state index is 12.4. The predicted molar refractivity (Wildman–Crippen MR) is 125 cm³/mol. The summed E-state index contributed by atoms with van der Waals surface area (Å²) >= 11 is 0. The van der Waals surface area contributed by atoms with Gasteiger partial charge in [-0.25, -0.2) is 9.50 Å². The third-order valence-corrected chi connectivity index (χ3v) is 7.49. The van der Waals surface area contributed by atoms with E-state index in [4.69, 9.17) is 29.5 Å². The number of hydroxylamine groups is 1. The highest BCUT2D eigenvalue weighted by Gasteiger charge is 2.87. The van der Waals surface area contributed by atoms with Crippen molar-refractivity contribution >= 4 is 17.3 Å². The first-order valence-corrected chi connectivity index (χ1v) is 12.3. The minimum atomic E-state index is -0.870. The summed E-state index contributed by atoms with van der Waals surface area (Å²) in [5, 5.41) is 4.37. The highest BCUT2D eigenvalue weighted by Crippen LogP contribution is 2.67. The molecular formula is C24H35N5O6. The van der Waals surface area contributed by atoms with Gasteiger partial charge in [0.15, 0.2) is 17.2 Å². The first-order chi connectivity index (χ1) is 16.6. The van der Waals surface area contributed by atoms with Gasteiger partial charge in [0.2, 0.25) is 0 Å². The van der Waals surface area contributed by atoms with Crippen LogP contribution in [-0.4, -0.2) is 62.9 Å². The molecule has 35 heavy (non-hydrogen) atoms. The van der Waals surface area contributed by atoms with Crippen molar-refractivity contribution in [1.29, 1.82) is 0 Å². The molecule has 4 heterocycles. The molecule has 1 spiro atoms. The molecular weight excluding hydrogens is 454 g/mol. The number of nitrogens with one attached hydrogen (secondary N) is 1. The molecule has 6 atom stereocenters. The Morgan fingerprint density at radius 3 is 2.71 bits per heavy atom. The highest BCUT2D eigenvalue weighted by atomic mass is 16.8. The van der Waals surface area contributed by atoms with Crippen molar-refractivity contribution in [3.8, 4) is 0 Å². The molecule has 3 fully saturated rings. The van der Waals surface area contributed by atoms with Gasteiger partial charge < -0.3 is 24.7 Å². The zero-order valence-corrected chi connectivity index (χ0v) is 21.1. The van der Waals surface area contributed by atoms with Crippen LogP contribution in [0.4, 0.5) is 5.82 Å². The molecule has 0 amide bonds. The third kappa shape index (κ3) is 3.72. The van der Waals surface area contributed by atoms with E-state index in [1.807, 2.05) is 32.9 Å². The molecule has 0 radical (unpaired) electrons. The van der Waals surface area contributed by atoms with Crippen LogP contribution in [0.25, 0.3) is 5.52 Å². The van der Waals surface area contributed by atoms with Gasteiger partial charge in [0.05, 0.1) is 12.3 Å². The van der Waals surface area contributed by atoms with Gasteiger partial charge in [-0.05, 0) is 45.7 Å². The summed E-state index contributed by atoms with van der Waals surface area (Å²) in [5.41, 5.74) is 8.64. The second-order valence-electron chi connectivity index (χ2n) is 10.4. The second kappa shape index (κ2) is 8.38. The number of nitrogens with zero attached hydrogens (tertiary/aromatic N) is 3. The quantitative estimate of drug-likeness (QED) is 0.399. The Labute approximate surface area is 204 Å². The number of nitrogens with two attached hydrogens (primary N) is 1. The van der Waals surface area contributed by atoms with Crippen molar-refractivity contribution in [2.45, 2.75) is 95.7 Å². The van der Waals surface area contributed by atoms with E-state index in [0.717, 1.165) is 18.5 Å². The number of nitrogen functional groups attached to an aromatic ring is 1. The van der Waals surface area contributed by atoms with E-state index in [2.05, 4.69) is 29.4 Å². The lowest BCUT2D eigenvalue weighted by Crippen LogP contribution is -2.46. The van der Waals surface area contributed by atoms with Gasteiger partial charge >= 0.3 is 5.97 Å². The zero-order valence-electron chi connectivity index (χ0n) is 21.1. The summed E-state index contributed by atoms with van der Waals surface area (Å²) < 4.78 is 26.5. The van der Waals surface area contributed by atoms with Gasteiger partial charge in [-0.2, -0.15) is 10.6 Å². The average molecular weight is 490 g/mol. The Bertz CT molecular complexity index is 1120. The van der Waals surface area contributed by atoms with Crippen molar-refractivity contribution in [2.75, 3.05) is 12.3 Å². The summed E-state index contributed by atoms with van der Waals surface area (Å²) in [6, 6.07) is 3.14. The molecule has 2 saturated heterocycles. The van der Waals surface area contributed by atoms with Crippen LogP contribution in [0.3, 0.4) is 0 Å². The lowest BCUT2D eigenvalue weighted by molar-refractivity contribution is -0.196. The molecule has 192 valence electrons. The fraction of sp³-hybridized carbons (Fsp3) is 0.708. The van der Waals surface area contributed by atoms with E-state index < -0.39 is 41.3 Å². The number of anilines is 1. The van der Waals surface area contributed by atoms with Crippen molar-refractivity contribution in [2.24, 2.45) is 5.92 Å². The number of rotatable bonds is 9. The van der Waals surface area contributed by atoms with Crippen molar-refractivity contribution in [1.82, 2.24) is 20.1 Å². The molecule has 0 bridgehead atoms. The number of carbonyl (C=O) groups excluding carboxylic acids is 1. The molecule has 3 aliphatic rings. The molecule has 2 aromatic rings. The number of aromatic nitrogens is 3. The minimum Gasteiger partial charge on any atom is -0.464 e. The molecule has 11 nitrogen and oxygen atoms in total. The molecule has 1 saturated carbocycles. The van der Waals surface area contributed by atoms with Crippen LogP contribution in [0.1, 0.15) is 60.1 Å². The molecule has 2 aliphatic heterocycles. The van der Waals surface area contributed by atoms with Gasteiger partial charge in [0.25, 0.3) is 0 Å². The Morgan fingerprint density at radius 2 is 2.00 bits per heavy atom. The SMILES string of the molecule is CCC(CC)COC(=O)[C@H](C)NOC1[C@H]2O[C@@](C)(c3ccc4c(N)ncnn34)[C@@H]3OC(C)(C)O[C@]123. The summed E-state index contributed by atoms with van der Waals surface area (Å²) in [5.74, 6) is -0.458. The lowest BCUT2D eigenvalue weighted by Gasteiger charge is -2.33. The van der Waals surface area contributed by atoms with E-state index >= 15 is 0 Å². The second-order valence-corrected chi connectivity index (χ2v) is 10.4. The Hall–Kier alpha value is -2.31. The standard InChI is InChI=1S/C24H35N5O6/c1-7-14(8-2)11-31-20(30)13(3)28-34-18-17-24(18)21(33-22(4,5)35-24)23(6,32-17)16-10-9-15-19(25)26-12-27-29(15)16/h9-10,12-14,17-18,21,28H,7-8,11H2,1-6H3,(H2,25,26,27)/t13-,17+,18?,21-,23-,24-/m0/s1. The number of ether oxygens (including phenoxy) is 4. The predicted octanol–water partition coefficient (Wildman–Crippen LogP) is 2.09. The Balaban J connectivity index is 1.31. The average Bonchev–Trinajstić information content (AvgIpc) is 3.14. The molecule has 11 heteroatoms. The minimum absolute atomic E-state index is 0.358. The largest absolute Gasteiger partial charge is 0.464 e. The fourth-order valence-electron chi connectivity index (χ4n) is 5.39. The smallest absolute Gasteiger partial charge is 0.325 e. The van der Waals surface area contributed by atoms with Gasteiger partial charge in [0.1, 0.15) is 41.8 Å². The van der Waals surface area contributed by atoms with Gasteiger partial charge in [-0.3, -0.25) is 9.63 Å². The maximum Gasteiger partial charge on any atom is 0.325 e. The zero-order chi connectivity index (χ0) is 25.2. The maximum absolute atomic E-state index is 12.4.